The van der Waals surface area contributed by atoms with Gasteiger partial charge in [0.1, 0.15) is 0 Å². The Morgan fingerprint density at radius 1 is 1.39 bits per heavy atom. The molecule has 1 atom stereocenters. The number of aliphatic hydroxyl groups excluding tert-OH is 1. The summed E-state index contributed by atoms with van der Waals surface area (Å²) in [6.45, 7) is 3.10. The Morgan fingerprint density at radius 2 is 2.11 bits per heavy atom. The average Bonchev–Trinajstić information content (AvgIpc) is 3.17. The van der Waals surface area contributed by atoms with Crippen LogP contribution in [0.5, 0.6) is 0 Å². The summed E-state index contributed by atoms with van der Waals surface area (Å²) in [5.74, 6) is 0. The molecule has 2 fully saturated rings. The van der Waals surface area contributed by atoms with E-state index in [1.165, 1.54) is 4.31 Å². The van der Waals surface area contributed by atoms with E-state index in [1.807, 2.05) is 0 Å². The van der Waals surface area contributed by atoms with E-state index in [-0.39, 0.29) is 18.1 Å². The van der Waals surface area contributed by atoms with Gasteiger partial charge in [-0.25, -0.2) is 4.72 Å². The largest absolute Gasteiger partial charge is 0.395 e. The van der Waals surface area contributed by atoms with Gasteiger partial charge in [0.05, 0.1) is 6.61 Å². The lowest BCUT2D eigenvalue weighted by Gasteiger charge is -2.33. The van der Waals surface area contributed by atoms with Crippen molar-refractivity contribution in [1.29, 1.82) is 0 Å². The zero-order valence-corrected chi connectivity index (χ0v) is 11.9. The number of hydrogen-bond acceptors (Lipinski definition) is 3. The van der Waals surface area contributed by atoms with Crippen LogP contribution in [0.4, 0.5) is 0 Å². The summed E-state index contributed by atoms with van der Waals surface area (Å²) >= 11 is 0. The zero-order chi connectivity index (χ0) is 13.2. The SMILES string of the molecule is CCC1(CNS(=O)(=O)N2CCCCC2CO)CC1. The molecule has 1 aliphatic heterocycles. The second kappa shape index (κ2) is 5.45. The van der Waals surface area contributed by atoms with Gasteiger partial charge in [-0.05, 0) is 37.5 Å². The Balaban J connectivity index is 1.96. The fourth-order valence-corrected chi connectivity index (χ4v) is 4.22. The third-order valence-corrected chi connectivity index (χ3v) is 6.04. The fourth-order valence-electron chi connectivity index (χ4n) is 2.63. The monoisotopic (exact) mass is 276 g/mol. The van der Waals surface area contributed by atoms with E-state index in [4.69, 9.17) is 0 Å². The molecule has 0 aromatic carbocycles. The van der Waals surface area contributed by atoms with Crippen molar-refractivity contribution in [3.05, 3.63) is 0 Å². The second-order valence-corrected chi connectivity index (χ2v) is 7.33. The van der Waals surface area contributed by atoms with Gasteiger partial charge in [-0.3, -0.25) is 0 Å². The Hall–Kier alpha value is -0.170. The van der Waals surface area contributed by atoms with Gasteiger partial charge in [-0.2, -0.15) is 12.7 Å². The van der Waals surface area contributed by atoms with Crippen LogP contribution < -0.4 is 4.72 Å². The molecule has 0 bridgehead atoms. The van der Waals surface area contributed by atoms with Crippen LogP contribution in [0, 0.1) is 5.41 Å². The standard InChI is InChI=1S/C12H24N2O3S/c1-2-12(6-7-12)10-13-18(16,17)14-8-4-3-5-11(14)9-15/h11,13,15H,2-10H2,1H3. The summed E-state index contributed by atoms with van der Waals surface area (Å²) in [5, 5.41) is 9.28. The molecule has 1 aliphatic carbocycles. The maximum absolute atomic E-state index is 12.2. The molecule has 0 spiro atoms. The van der Waals surface area contributed by atoms with E-state index in [0.29, 0.717) is 13.1 Å². The molecule has 6 heteroatoms. The summed E-state index contributed by atoms with van der Waals surface area (Å²) in [6, 6.07) is -0.243. The quantitative estimate of drug-likeness (QED) is 0.756. The van der Waals surface area contributed by atoms with E-state index in [2.05, 4.69) is 11.6 Å². The highest BCUT2D eigenvalue weighted by molar-refractivity contribution is 7.87. The number of nitrogens with one attached hydrogen (secondary N) is 1. The summed E-state index contributed by atoms with van der Waals surface area (Å²) in [5.41, 5.74) is 0.206. The van der Waals surface area contributed by atoms with Crippen molar-refractivity contribution in [2.45, 2.75) is 51.5 Å². The smallest absolute Gasteiger partial charge is 0.279 e. The lowest BCUT2D eigenvalue weighted by atomic mass is 10.1. The lowest BCUT2D eigenvalue weighted by molar-refractivity contribution is 0.153. The molecule has 0 amide bonds. The highest BCUT2D eigenvalue weighted by Crippen LogP contribution is 2.48. The van der Waals surface area contributed by atoms with Crippen molar-refractivity contribution in [1.82, 2.24) is 9.03 Å². The number of nitrogens with zero attached hydrogens (tertiary/aromatic N) is 1. The third-order valence-electron chi connectivity index (χ3n) is 4.43. The Bertz CT molecular complexity index is 379. The number of aliphatic hydroxyl groups is 1. The first-order chi connectivity index (χ1) is 8.53. The molecular formula is C12H24N2O3S. The molecule has 0 aromatic heterocycles. The van der Waals surface area contributed by atoms with E-state index < -0.39 is 10.2 Å². The maximum atomic E-state index is 12.2. The Morgan fingerprint density at radius 3 is 2.67 bits per heavy atom. The van der Waals surface area contributed by atoms with E-state index >= 15 is 0 Å². The molecule has 2 aliphatic rings. The second-order valence-electron chi connectivity index (χ2n) is 5.62. The molecular weight excluding hydrogens is 252 g/mol. The van der Waals surface area contributed by atoms with Crippen LogP contribution in [0.1, 0.15) is 45.4 Å². The number of piperidine rings is 1. The van der Waals surface area contributed by atoms with Crippen molar-refractivity contribution in [3.8, 4) is 0 Å². The first-order valence-electron chi connectivity index (χ1n) is 6.90. The Kier molecular flexibility index (Phi) is 4.31. The molecule has 0 radical (unpaired) electrons. The van der Waals surface area contributed by atoms with Crippen LogP contribution in [0.3, 0.4) is 0 Å². The van der Waals surface area contributed by atoms with Crippen LogP contribution >= 0.6 is 0 Å². The molecule has 1 heterocycles. The third kappa shape index (κ3) is 3.04. The first-order valence-corrected chi connectivity index (χ1v) is 8.34. The van der Waals surface area contributed by atoms with Crippen LogP contribution in [0.2, 0.25) is 0 Å². The summed E-state index contributed by atoms with van der Waals surface area (Å²) in [6.07, 6.45) is 5.91. The lowest BCUT2D eigenvalue weighted by Crippen LogP contribution is -2.51. The van der Waals surface area contributed by atoms with E-state index in [1.54, 1.807) is 0 Å². The van der Waals surface area contributed by atoms with Gasteiger partial charge in [0.25, 0.3) is 10.2 Å². The minimum Gasteiger partial charge on any atom is -0.395 e. The first kappa shape index (κ1) is 14.2. The Labute approximate surface area is 110 Å². The molecule has 1 saturated heterocycles. The van der Waals surface area contributed by atoms with E-state index in [0.717, 1.165) is 38.5 Å². The molecule has 106 valence electrons. The van der Waals surface area contributed by atoms with Crippen molar-refractivity contribution in [3.63, 3.8) is 0 Å². The van der Waals surface area contributed by atoms with Crippen LogP contribution in [0.25, 0.3) is 0 Å². The summed E-state index contributed by atoms with van der Waals surface area (Å²) in [4.78, 5) is 0. The minimum absolute atomic E-state index is 0.0835. The molecule has 2 N–H and O–H groups in total. The zero-order valence-electron chi connectivity index (χ0n) is 11.1. The predicted octanol–water partition coefficient (Wildman–Crippen LogP) is 0.858. The van der Waals surface area contributed by atoms with Gasteiger partial charge >= 0.3 is 0 Å². The van der Waals surface area contributed by atoms with Crippen LogP contribution in [-0.2, 0) is 10.2 Å². The van der Waals surface area contributed by atoms with Gasteiger partial charge in [-0.1, -0.05) is 13.3 Å². The predicted molar refractivity (Wildman–Crippen MR) is 70.3 cm³/mol. The van der Waals surface area contributed by atoms with Crippen molar-refractivity contribution < 1.29 is 13.5 Å². The number of hydrogen-bond donors (Lipinski definition) is 2. The van der Waals surface area contributed by atoms with Crippen molar-refractivity contribution in [2.24, 2.45) is 5.41 Å². The molecule has 1 saturated carbocycles. The van der Waals surface area contributed by atoms with Gasteiger partial charge in [-0.15, -0.1) is 0 Å². The van der Waals surface area contributed by atoms with Crippen molar-refractivity contribution in [2.75, 3.05) is 19.7 Å². The van der Waals surface area contributed by atoms with Crippen LogP contribution in [-0.4, -0.2) is 43.6 Å². The molecule has 18 heavy (non-hydrogen) atoms. The van der Waals surface area contributed by atoms with Gasteiger partial charge < -0.3 is 5.11 Å². The van der Waals surface area contributed by atoms with Gasteiger partial charge in [0.2, 0.25) is 0 Å². The highest BCUT2D eigenvalue weighted by Gasteiger charge is 2.42. The van der Waals surface area contributed by atoms with E-state index in [9.17, 15) is 13.5 Å². The normalized spacial score (nSPS) is 28.2. The molecule has 5 nitrogen and oxygen atoms in total. The topological polar surface area (TPSA) is 69.6 Å². The van der Waals surface area contributed by atoms with Gasteiger partial charge in [0, 0.05) is 19.1 Å². The van der Waals surface area contributed by atoms with Crippen LogP contribution in [0.15, 0.2) is 0 Å². The molecule has 0 aromatic rings. The van der Waals surface area contributed by atoms with Crippen molar-refractivity contribution >= 4 is 10.2 Å². The maximum Gasteiger partial charge on any atom is 0.279 e. The molecule has 1 unspecified atom stereocenters. The highest BCUT2D eigenvalue weighted by atomic mass is 32.2. The molecule has 2 rings (SSSR count). The summed E-state index contributed by atoms with van der Waals surface area (Å²) in [7, 11) is -3.42. The number of rotatable bonds is 6. The summed E-state index contributed by atoms with van der Waals surface area (Å²) < 4.78 is 28.7. The fraction of sp³-hybridized carbons (Fsp3) is 1.00. The minimum atomic E-state index is -3.42. The van der Waals surface area contributed by atoms with Gasteiger partial charge in [0.15, 0.2) is 0 Å². The average molecular weight is 276 g/mol.